The minimum atomic E-state index is -4.33. The van der Waals surface area contributed by atoms with Crippen molar-refractivity contribution >= 4 is 18.1 Å². The van der Waals surface area contributed by atoms with Gasteiger partial charge in [0, 0.05) is 5.02 Å². The molecule has 0 aromatic heterocycles. The minimum Gasteiger partial charge on any atom is -0.483 e. The van der Waals surface area contributed by atoms with Gasteiger partial charge in [-0.25, -0.2) is 0 Å². The molecule has 112 valence electrons. The summed E-state index contributed by atoms with van der Waals surface area (Å²) < 4.78 is 42.4. The fraction of sp³-hybridized carbons (Fsp3) is 0.0714. The van der Waals surface area contributed by atoms with E-state index < -0.39 is 11.7 Å². The van der Waals surface area contributed by atoms with Crippen molar-refractivity contribution in [1.29, 1.82) is 0 Å². The molecular formula is C14H10ClF3O3. The van der Waals surface area contributed by atoms with Gasteiger partial charge in [-0.3, -0.25) is 4.79 Å². The van der Waals surface area contributed by atoms with E-state index in [0.29, 0.717) is 16.5 Å². The molecule has 0 bridgehead atoms. The van der Waals surface area contributed by atoms with Gasteiger partial charge in [0.05, 0.1) is 5.56 Å². The number of carboxylic acid groups (broad SMARTS) is 1. The highest BCUT2D eigenvalue weighted by atomic mass is 35.5. The standard InChI is InChI=1S/C13H8ClF3O.CH2O2/c14-10-3-7-12(8-4-10)18-11-5-1-9(2-6-11)13(15,16)17;2-1-3/h1-8H;1H,(H,2,3). The van der Waals surface area contributed by atoms with E-state index in [0.717, 1.165) is 12.1 Å². The molecule has 0 heterocycles. The zero-order chi connectivity index (χ0) is 15.9. The molecule has 0 aliphatic heterocycles. The smallest absolute Gasteiger partial charge is 0.416 e. The third-order valence-electron chi connectivity index (χ3n) is 2.23. The molecule has 0 atom stereocenters. The summed E-state index contributed by atoms with van der Waals surface area (Å²) in [4.78, 5) is 8.36. The Morgan fingerprint density at radius 3 is 1.71 bits per heavy atom. The van der Waals surface area contributed by atoms with Crippen LogP contribution in [0.15, 0.2) is 48.5 Å². The molecule has 0 radical (unpaired) electrons. The van der Waals surface area contributed by atoms with Crippen LogP contribution in [-0.2, 0) is 11.0 Å². The molecular weight excluding hydrogens is 309 g/mol. The van der Waals surface area contributed by atoms with Crippen molar-refractivity contribution in [2.75, 3.05) is 0 Å². The van der Waals surface area contributed by atoms with Gasteiger partial charge >= 0.3 is 6.18 Å². The maximum Gasteiger partial charge on any atom is 0.416 e. The second-order valence-electron chi connectivity index (χ2n) is 3.68. The molecule has 0 unspecified atom stereocenters. The molecule has 0 aliphatic rings. The summed E-state index contributed by atoms with van der Waals surface area (Å²) in [5, 5.41) is 7.45. The number of rotatable bonds is 2. The van der Waals surface area contributed by atoms with Crippen molar-refractivity contribution in [2.24, 2.45) is 0 Å². The van der Waals surface area contributed by atoms with Gasteiger partial charge in [-0.15, -0.1) is 0 Å². The molecule has 7 heteroatoms. The van der Waals surface area contributed by atoms with E-state index in [1.165, 1.54) is 12.1 Å². The van der Waals surface area contributed by atoms with Crippen LogP contribution in [0.25, 0.3) is 0 Å². The molecule has 0 saturated heterocycles. The summed E-state index contributed by atoms with van der Waals surface area (Å²) in [5.74, 6) is 0.851. The summed E-state index contributed by atoms with van der Waals surface area (Å²) in [7, 11) is 0. The van der Waals surface area contributed by atoms with E-state index in [9.17, 15) is 13.2 Å². The van der Waals surface area contributed by atoms with Gasteiger partial charge in [-0.1, -0.05) is 11.6 Å². The second-order valence-corrected chi connectivity index (χ2v) is 4.12. The summed E-state index contributed by atoms with van der Waals surface area (Å²) in [5.41, 5.74) is -0.703. The van der Waals surface area contributed by atoms with Crippen LogP contribution in [0.1, 0.15) is 5.56 Å². The van der Waals surface area contributed by atoms with Crippen molar-refractivity contribution in [3.8, 4) is 11.5 Å². The Hall–Kier alpha value is -2.21. The first-order valence-corrected chi connectivity index (χ1v) is 5.93. The van der Waals surface area contributed by atoms with Crippen LogP contribution in [0.3, 0.4) is 0 Å². The number of ether oxygens (including phenoxy) is 1. The highest BCUT2D eigenvalue weighted by molar-refractivity contribution is 6.30. The van der Waals surface area contributed by atoms with Gasteiger partial charge in [-0.2, -0.15) is 13.2 Å². The summed E-state index contributed by atoms with van der Waals surface area (Å²) in [6.45, 7) is -0.250. The van der Waals surface area contributed by atoms with Crippen molar-refractivity contribution < 1.29 is 27.8 Å². The Labute approximate surface area is 123 Å². The van der Waals surface area contributed by atoms with E-state index >= 15 is 0 Å². The first kappa shape index (κ1) is 16.8. The third kappa shape index (κ3) is 5.74. The average Bonchev–Trinajstić information content (AvgIpc) is 2.42. The van der Waals surface area contributed by atoms with Gasteiger partial charge in [0.25, 0.3) is 6.47 Å². The van der Waals surface area contributed by atoms with Gasteiger partial charge in [0.2, 0.25) is 0 Å². The van der Waals surface area contributed by atoms with Crippen LogP contribution >= 0.6 is 11.6 Å². The molecule has 3 nitrogen and oxygen atoms in total. The van der Waals surface area contributed by atoms with E-state index in [2.05, 4.69) is 0 Å². The number of carbonyl (C=O) groups is 1. The molecule has 0 fully saturated rings. The molecule has 1 N–H and O–H groups in total. The van der Waals surface area contributed by atoms with E-state index in [4.69, 9.17) is 26.2 Å². The lowest BCUT2D eigenvalue weighted by atomic mass is 10.2. The van der Waals surface area contributed by atoms with E-state index in [1.807, 2.05) is 0 Å². The van der Waals surface area contributed by atoms with Gasteiger partial charge < -0.3 is 9.84 Å². The van der Waals surface area contributed by atoms with Crippen molar-refractivity contribution in [2.45, 2.75) is 6.18 Å². The van der Waals surface area contributed by atoms with E-state index in [-0.39, 0.29) is 6.47 Å². The SMILES string of the molecule is FC(F)(F)c1ccc(Oc2ccc(Cl)cc2)cc1.O=CO. The lowest BCUT2D eigenvalue weighted by Gasteiger charge is -2.08. The van der Waals surface area contributed by atoms with Gasteiger partial charge in [-0.05, 0) is 48.5 Å². The van der Waals surface area contributed by atoms with Crippen LogP contribution in [-0.4, -0.2) is 11.6 Å². The Kier molecular flexibility index (Phi) is 6.05. The fourth-order valence-electron chi connectivity index (χ4n) is 1.35. The predicted molar refractivity (Wildman–Crippen MR) is 71.7 cm³/mol. The Balaban J connectivity index is 0.000000677. The number of alkyl halides is 3. The summed E-state index contributed by atoms with van der Waals surface area (Å²) in [6.07, 6.45) is -4.33. The monoisotopic (exact) mass is 318 g/mol. The van der Waals surface area contributed by atoms with Crippen LogP contribution < -0.4 is 4.74 Å². The summed E-state index contributed by atoms with van der Waals surface area (Å²) in [6, 6.07) is 11.1. The molecule has 21 heavy (non-hydrogen) atoms. The lowest BCUT2D eigenvalue weighted by molar-refractivity contribution is -0.137. The van der Waals surface area contributed by atoms with Crippen molar-refractivity contribution in [1.82, 2.24) is 0 Å². The van der Waals surface area contributed by atoms with Gasteiger partial charge in [0.1, 0.15) is 11.5 Å². The van der Waals surface area contributed by atoms with Crippen LogP contribution in [0.5, 0.6) is 11.5 Å². The fourth-order valence-corrected chi connectivity index (χ4v) is 1.48. The van der Waals surface area contributed by atoms with Crippen molar-refractivity contribution in [3.05, 3.63) is 59.1 Å². The normalized spacial score (nSPS) is 10.3. The predicted octanol–water partition coefficient (Wildman–Crippen LogP) is 4.85. The number of halogens is 4. The molecule has 0 saturated carbocycles. The largest absolute Gasteiger partial charge is 0.483 e. The molecule has 2 aromatic carbocycles. The zero-order valence-corrected chi connectivity index (χ0v) is 11.2. The topological polar surface area (TPSA) is 46.5 Å². The average molecular weight is 319 g/mol. The third-order valence-corrected chi connectivity index (χ3v) is 2.48. The highest BCUT2D eigenvalue weighted by Crippen LogP contribution is 2.31. The first-order valence-electron chi connectivity index (χ1n) is 5.55. The lowest BCUT2D eigenvalue weighted by Crippen LogP contribution is -2.03. The van der Waals surface area contributed by atoms with Crippen molar-refractivity contribution in [3.63, 3.8) is 0 Å². The maximum atomic E-state index is 12.3. The van der Waals surface area contributed by atoms with Crippen LogP contribution in [0, 0.1) is 0 Å². The van der Waals surface area contributed by atoms with Gasteiger partial charge in [0.15, 0.2) is 0 Å². The number of hydrogen-bond acceptors (Lipinski definition) is 2. The Morgan fingerprint density at radius 2 is 1.33 bits per heavy atom. The number of hydrogen-bond donors (Lipinski definition) is 1. The number of benzene rings is 2. The molecule has 0 aliphatic carbocycles. The highest BCUT2D eigenvalue weighted by Gasteiger charge is 2.29. The quantitative estimate of drug-likeness (QED) is 0.805. The minimum absolute atomic E-state index is 0.250. The Morgan fingerprint density at radius 1 is 0.952 bits per heavy atom. The summed E-state index contributed by atoms with van der Waals surface area (Å²) >= 11 is 5.71. The molecule has 0 amide bonds. The molecule has 0 spiro atoms. The van der Waals surface area contributed by atoms with E-state index in [1.54, 1.807) is 24.3 Å². The maximum absolute atomic E-state index is 12.3. The van der Waals surface area contributed by atoms with Crippen LogP contribution in [0.4, 0.5) is 13.2 Å². The Bertz CT molecular complexity index is 566. The van der Waals surface area contributed by atoms with Crippen LogP contribution in [0.2, 0.25) is 5.02 Å². The zero-order valence-electron chi connectivity index (χ0n) is 10.5. The molecule has 2 rings (SSSR count). The first-order chi connectivity index (χ1) is 9.86. The molecule has 2 aromatic rings. The second kappa shape index (κ2) is 7.54.